The molecule has 4 rings (SSSR count). The minimum atomic E-state index is -0.394. The second-order valence-corrected chi connectivity index (χ2v) is 7.79. The van der Waals surface area contributed by atoms with Crippen LogP contribution in [0.1, 0.15) is 20.7 Å². The van der Waals surface area contributed by atoms with E-state index in [-0.39, 0.29) is 11.8 Å². The van der Waals surface area contributed by atoms with Gasteiger partial charge in [0, 0.05) is 37.3 Å². The number of nitrogens with one attached hydrogen (secondary N) is 1. The number of fused-ring (bicyclic) bond motifs is 1. The van der Waals surface area contributed by atoms with Gasteiger partial charge in [-0.1, -0.05) is 11.3 Å². The van der Waals surface area contributed by atoms with Crippen LogP contribution < -0.4 is 5.32 Å². The first-order chi connectivity index (χ1) is 13.5. The molecule has 1 N–H and O–H groups in total. The van der Waals surface area contributed by atoms with Crippen molar-refractivity contribution >= 4 is 38.5 Å². The lowest BCUT2D eigenvalue weighted by atomic mass is 10.1. The Morgan fingerprint density at radius 2 is 1.71 bits per heavy atom. The van der Waals surface area contributed by atoms with Crippen LogP contribution in [0.4, 0.5) is 9.52 Å². The molecule has 2 amide bonds. The summed E-state index contributed by atoms with van der Waals surface area (Å²) in [6.07, 6.45) is 0. The molecule has 2 aromatic carbocycles. The zero-order valence-corrected chi connectivity index (χ0v) is 16.1. The van der Waals surface area contributed by atoms with Crippen LogP contribution in [0, 0.1) is 5.82 Å². The van der Waals surface area contributed by atoms with Crippen LogP contribution >= 0.6 is 11.3 Å². The van der Waals surface area contributed by atoms with E-state index in [4.69, 9.17) is 0 Å². The van der Waals surface area contributed by atoms with E-state index in [2.05, 4.69) is 15.2 Å². The van der Waals surface area contributed by atoms with Crippen molar-refractivity contribution in [2.45, 2.75) is 0 Å². The largest absolute Gasteiger partial charge is 0.336 e. The smallest absolute Gasteiger partial charge is 0.257 e. The van der Waals surface area contributed by atoms with Gasteiger partial charge in [-0.25, -0.2) is 9.37 Å². The second-order valence-electron chi connectivity index (χ2n) is 6.76. The SMILES string of the molecule is CN1CCN(C(=O)c2ccc3nc(NC(=O)c4ccc(F)cc4)sc3c2)CC1. The van der Waals surface area contributed by atoms with E-state index in [1.807, 2.05) is 18.0 Å². The summed E-state index contributed by atoms with van der Waals surface area (Å²) in [5.74, 6) is -0.734. The van der Waals surface area contributed by atoms with Crippen molar-refractivity contribution in [2.24, 2.45) is 0 Å². The maximum Gasteiger partial charge on any atom is 0.257 e. The van der Waals surface area contributed by atoms with Gasteiger partial charge in [-0.3, -0.25) is 14.9 Å². The van der Waals surface area contributed by atoms with Crippen LogP contribution in [0.2, 0.25) is 0 Å². The summed E-state index contributed by atoms with van der Waals surface area (Å²) in [6, 6.07) is 10.7. The number of aromatic nitrogens is 1. The van der Waals surface area contributed by atoms with E-state index in [0.717, 1.165) is 30.9 Å². The standard InChI is InChI=1S/C20H19FN4O2S/c1-24-8-10-25(11-9-24)19(27)14-4-7-16-17(12-14)28-20(22-16)23-18(26)13-2-5-15(21)6-3-13/h2-7,12H,8-11H2,1H3,(H,22,23,26). The predicted octanol–water partition coefficient (Wildman–Crippen LogP) is 3.08. The summed E-state index contributed by atoms with van der Waals surface area (Å²) in [6.45, 7) is 3.17. The van der Waals surface area contributed by atoms with E-state index in [9.17, 15) is 14.0 Å². The van der Waals surface area contributed by atoms with E-state index in [0.29, 0.717) is 21.8 Å². The second kappa shape index (κ2) is 7.65. The molecule has 1 fully saturated rings. The van der Waals surface area contributed by atoms with Crippen molar-refractivity contribution in [3.8, 4) is 0 Å². The molecule has 0 unspecified atom stereocenters. The first kappa shape index (κ1) is 18.5. The summed E-state index contributed by atoms with van der Waals surface area (Å²) in [5, 5.41) is 3.17. The summed E-state index contributed by atoms with van der Waals surface area (Å²) in [5.41, 5.74) is 1.69. The Morgan fingerprint density at radius 3 is 2.43 bits per heavy atom. The summed E-state index contributed by atoms with van der Waals surface area (Å²) >= 11 is 1.31. The average Bonchev–Trinajstić information content (AvgIpc) is 3.09. The zero-order valence-electron chi connectivity index (χ0n) is 15.3. The monoisotopic (exact) mass is 398 g/mol. The molecule has 8 heteroatoms. The lowest BCUT2D eigenvalue weighted by Crippen LogP contribution is -2.47. The Morgan fingerprint density at radius 1 is 1.04 bits per heavy atom. The lowest BCUT2D eigenvalue weighted by Gasteiger charge is -2.32. The van der Waals surface area contributed by atoms with Gasteiger partial charge in [-0.15, -0.1) is 0 Å². The Bertz CT molecular complexity index is 1030. The molecular weight excluding hydrogens is 379 g/mol. The molecule has 1 aromatic heterocycles. The van der Waals surface area contributed by atoms with Crippen molar-refractivity contribution in [3.63, 3.8) is 0 Å². The molecule has 28 heavy (non-hydrogen) atoms. The Balaban J connectivity index is 1.50. The minimum Gasteiger partial charge on any atom is -0.336 e. The van der Waals surface area contributed by atoms with Gasteiger partial charge in [0.05, 0.1) is 10.2 Å². The van der Waals surface area contributed by atoms with Gasteiger partial charge < -0.3 is 9.80 Å². The molecule has 1 aliphatic rings. The van der Waals surface area contributed by atoms with Gasteiger partial charge in [-0.2, -0.15) is 0 Å². The third-order valence-electron chi connectivity index (χ3n) is 4.75. The number of hydrogen-bond acceptors (Lipinski definition) is 5. The molecule has 0 saturated carbocycles. The number of hydrogen-bond donors (Lipinski definition) is 1. The fourth-order valence-electron chi connectivity index (χ4n) is 3.07. The number of amides is 2. The number of thiazole rings is 1. The number of piperazine rings is 1. The topological polar surface area (TPSA) is 65.5 Å². The summed E-state index contributed by atoms with van der Waals surface area (Å²) in [7, 11) is 2.05. The van der Waals surface area contributed by atoms with Crippen LogP contribution in [0.3, 0.4) is 0 Å². The predicted molar refractivity (Wildman–Crippen MR) is 107 cm³/mol. The molecule has 0 bridgehead atoms. The van der Waals surface area contributed by atoms with Gasteiger partial charge in [-0.05, 0) is 49.5 Å². The molecule has 0 aliphatic carbocycles. The zero-order chi connectivity index (χ0) is 19.7. The number of benzene rings is 2. The molecule has 2 heterocycles. The van der Waals surface area contributed by atoms with Gasteiger partial charge in [0.15, 0.2) is 5.13 Å². The molecule has 3 aromatic rings. The quantitative estimate of drug-likeness (QED) is 0.736. The number of anilines is 1. The first-order valence-electron chi connectivity index (χ1n) is 8.95. The molecule has 144 valence electrons. The molecule has 6 nitrogen and oxygen atoms in total. The van der Waals surface area contributed by atoms with Crippen molar-refractivity contribution in [1.82, 2.24) is 14.8 Å². The maximum atomic E-state index is 13.0. The van der Waals surface area contributed by atoms with E-state index >= 15 is 0 Å². The van der Waals surface area contributed by atoms with Crippen molar-refractivity contribution in [3.05, 3.63) is 59.4 Å². The van der Waals surface area contributed by atoms with Crippen LogP contribution in [0.25, 0.3) is 10.2 Å². The summed E-state index contributed by atoms with van der Waals surface area (Å²) < 4.78 is 13.8. The highest BCUT2D eigenvalue weighted by Crippen LogP contribution is 2.27. The van der Waals surface area contributed by atoms with Crippen molar-refractivity contribution in [2.75, 3.05) is 38.5 Å². The normalized spacial score (nSPS) is 15.0. The molecule has 0 radical (unpaired) electrons. The Labute approximate surface area is 165 Å². The molecule has 0 atom stereocenters. The molecule has 1 aliphatic heterocycles. The third-order valence-corrected chi connectivity index (χ3v) is 5.69. The number of halogens is 1. The van der Waals surface area contributed by atoms with Crippen LogP contribution in [0.5, 0.6) is 0 Å². The fourth-order valence-corrected chi connectivity index (χ4v) is 3.97. The lowest BCUT2D eigenvalue weighted by molar-refractivity contribution is 0.0664. The van der Waals surface area contributed by atoms with Crippen molar-refractivity contribution < 1.29 is 14.0 Å². The van der Waals surface area contributed by atoms with E-state index < -0.39 is 5.82 Å². The minimum absolute atomic E-state index is 0.0142. The molecule has 0 spiro atoms. The first-order valence-corrected chi connectivity index (χ1v) is 9.76. The average molecular weight is 398 g/mol. The van der Waals surface area contributed by atoms with Crippen LogP contribution in [0.15, 0.2) is 42.5 Å². The van der Waals surface area contributed by atoms with E-state index in [1.165, 1.54) is 35.6 Å². The maximum absolute atomic E-state index is 13.0. The highest BCUT2D eigenvalue weighted by molar-refractivity contribution is 7.22. The number of nitrogens with zero attached hydrogens (tertiary/aromatic N) is 3. The van der Waals surface area contributed by atoms with Gasteiger partial charge in [0.25, 0.3) is 11.8 Å². The number of carbonyl (C=O) groups excluding carboxylic acids is 2. The van der Waals surface area contributed by atoms with E-state index in [1.54, 1.807) is 12.1 Å². The van der Waals surface area contributed by atoms with Crippen LogP contribution in [-0.4, -0.2) is 59.8 Å². The number of rotatable bonds is 3. The highest BCUT2D eigenvalue weighted by atomic mass is 32.1. The van der Waals surface area contributed by atoms with Gasteiger partial charge in [0.2, 0.25) is 0 Å². The summed E-state index contributed by atoms with van der Waals surface area (Å²) in [4.78, 5) is 33.5. The van der Waals surface area contributed by atoms with Gasteiger partial charge >= 0.3 is 0 Å². The molecular formula is C20H19FN4O2S. The Kier molecular flexibility index (Phi) is 5.06. The third kappa shape index (κ3) is 3.88. The Hall–Kier alpha value is -2.84. The highest BCUT2D eigenvalue weighted by Gasteiger charge is 2.21. The molecule has 1 saturated heterocycles. The van der Waals surface area contributed by atoms with Crippen LogP contribution in [-0.2, 0) is 0 Å². The fraction of sp³-hybridized carbons (Fsp3) is 0.250. The number of carbonyl (C=O) groups is 2. The number of likely N-dealkylation sites (N-methyl/N-ethyl adjacent to an activating group) is 1. The van der Waals surface area contributed by atoms with Gasteiger partial charge in [0.1, 0.15) is 5.82 Å². The van der Waals surface area contributed by atoms with Crippen molar-refractivity contribution in [1.29, 1.82) is 0 Å².